The number of aromatic amines is 4. The summed E-state index contributed by atoms with van der Waals surface area (Å²) < 4.78 is 30.3. The number of fused-ring (bicyclic) bond motifs is 8. The molecule has 8 aromatic heterocycles. The lowest BCUT2D eigenvalue weighted by molar-refractivity contribution is 0.370. The van der Waals surface area contributed by atoms with Crippen LogP contribution in [-0.4, -0.2) is 106 Å². The highest BCUT2D eigenvalue weighted by Crippen LogP contribution is 2.47. The Kier molecular flexibility index (Phi) is 23.7. The number of aromatic nitrogens is 16. The Bertz CT molecular complexity index is 4340. The molecule has 0 fully saturated rings. The number of benzene rings is 4. The highest BCUT2D eigenvalue weighted by Gasteiger charge is 2.41. The molecular formula is C88H96N16O4. The second-order valence-corrected chi connectivity index (χ2v) is 29.2. The van der Waals surface area contributed by atoms with Gasteiger partial charge in [-0.3, -0.25) is 18.7 Å². The van der Waals surface area contributed by atoms with Crippen molar-refractivity contribution in [2.75, 3.05) is 26.4 Å². The van der Waals surface area contributed by atoms with Crippen molar-refractivity contribution >= 4 is 0 Å². The average molecular weight is 1440 g/mol. The van der Waals surface area contributed by atoms with Crippen LogP contribution in [0.3, 0.4) is 0 Å². The number of rotatable bonds is 36. The van der Waals surface area contributed by atoms with E-state index in [1.807, 2.05) is 141 Å². The highest BCUT2D eigenvalue weighted by atomic mass is 16.5. The second-order valence-electron chi connectivity index (χ2n) is 29.2. The number of aryl methyl sites for hydroxylation is 4. The minimum atomic E-state index is -0.420. The van der Waals surface area contributed by atoms with E-state index in [2.05, 4.69) is 161 Å². The maximum Gasteiger partial charge on any atom is 0.148 e. The van der Waals surface area contributed by atoms with Gasteiger partial charge in [0.15, 0.2) is 0 Å². The van der Waals surface area contributed by atoms with Gasteiger partial charge in [-0.1, -0.05) is 95.9 Å². The first kappa shape index (κ1) is 74.3. The Morgan fingerprint density at radius 2 is 0.472 bits per heavy atom. The van der Waals surface area contributed by atoms with E-state index in [1.165, 1.54) is 45.6 Å². The fraction of sp³-hybridized carbons (Fsp3) is 0.364. The average Bonchev–Trinajstić information content (AvgIpc) is 1.58. The monoisotopic (exact) mass is 1440 g/mol. The molecule has 13 rings (SSSR count). The summed E-state index contributed by atoms with van der Waals surface area (Å²) in [5, 5.41) is 36.4. The van der Waals surface area contributed by atoms with Gasteiger partial charge in [-0.25, -0.2) is 0 Å². The van der Waals surface area contributed by atoms with Crippen LogP contribution in [0.25, 0.3) is 45.0 Å². The van der Waals surface area contributed by atoms with Crippen LogP contribution >= 0.6 is 0 Å². The minimum Gasteiger partial charge on any atom is -0.481 e. The zero-order valence-corrected chi connectivity index (χ0v) is 62.4. The molecule has 9 heterocycles. The van der Waals surface area contributed by atoms with Gasteiger partial charge in [-0.15, -0.1) is 46.1 Å². The summed E-state index contributed by atoms with van der Waals surface area (Å²) in [5.41, 5.74) is 14.9. The SMILES string of the molecule is C#CCOc1ccc(-c2cn(CCCCCC3(C)c4ccc([nH]4)C(C)(CCCCCn4cc(-c5ccc(OCC#C)cc5)nn4)c4ccc([nH]4)C(C)(CCCCCn4cc(-c5ccc(OCC#C)cc5)nn4)c4ccc([nH]4)C(C)(CCCCCn4cc(-c5ccc(OCC#C)cc5)nn4)c4ccc3[nH]4)nn2)cc1. The van der Waals surface area contributed by atoms with E-state index in [0.29, 0.717) is 0 Å². The molecule has 4 N–H and O–H groups in total. The van der Waals surface area contributed by atoms with Gasteiger partial charge in [0, 0.05) is 116 Å². The molecule has 0 saturated carbocycles. The van der Waals surface area contributed by atoms with E-state index in [4.69, 9.17) is 44.6 Å². The first-order chi connectivity index (χ1) is 52.7. The second kappa shape index (κ2) is 34.5. The van der Waals surface area contributed by atoms with E-state index >= 15 is 0 Å². The van der Waals surface area contributed by atoms with Crippen molar-refractivity contribution in [2.24, 2.45) is 0 Å². The molecule has 12 aromatic rings. The first-order valence-electron chi connectivity index (χ1n) is 37.8. The van der Waals surface area contributed by atoms with Crippen molar-refractivity contribution in [3.05, 3.63) is 216 Å². The van der Waals surface area contributed by atoms with Crippen LogP contribution in [0.15, 0.2) is 170 Å². The lowest BCUT2D eigenvalue weighted by atomic mass is 9.78. The molecule has 4 aromatic carbocycles. The van der Waals surface area contributed by atoms with Crippen LogP contribution < -0.4 is 18.9 Å². The molecule has 8 bridgehead atoms. The summed E-state index contributed by atoms with van der Waals surface area (Å²) in [6, 6.07) is 50.2. The molecule has 0 radical (unpaired) electrons. The van der Waals surface area contributed by atoms with Crippen LogP contribution in [0.2, 0.25) is 0 Å². The molecule has 0 unspecified atom stereocenters. The van der Waals surface area contributed by atoms with E-state index in [0.717, 1.165) is 197 Å². The van der Waals surface area contributed by atoms with E-state index in [-0.39, 0.29) is 26.4 Å². The quantitative estimate of drug-likeness (QED) is 0.0213. The van der Waals surface area contributed by atoms with Gasteiger partial charge in [0.2, 0.25) is 0 Å². The molecule has 20 heteroatoms. The van der Waals surface area contributed by atoms with Crippen molar-refractivity contribution in [3.63, 3.8) is 0 Å². The van der Waals surface area contributed by atoms with Crippen LogP contribution in [0.5, 0.6) is 23.0 Å². The summed E-state index contributed by atoms with van der Waals surface area (Å²) in [7, 11) is 0. The van der Waals surface area contributed by atoms with Gasteiger partial charge in [0.05, 0.1) is 24.8 Å². The summed E-state index contributed by atoms with van der Waals surface area (Å²) in [6.45, 7) is 13.6. The number of H-pyrrole nitrogens is 4. The Morgan fingerprint density at radius 3 is 0.657 bits per heavy atom. The summed E-state index contributed by atoms with van der Waals surface area (Å²) >= 11 is 0. The fourth-order valence-corrected chi connectivity index (χ4v) is 15.1. The third-order valence-electron chi connectivity index (χ3n) is 21.8. The van der Waals surface area contributed by atoms with Crippen molar-refractivity contribution in [1.82, 2.24) is 79.9 Å². The molecule has 0 amide bonds. The number of nitrogens with zero attached hydrogens (tertiary/aromatic N) is 12. The first-order valence-corrected chi connectivity index (χ1v) is 37.8. The maximum atomic E-state index is 5.61. The summed E-state index contributed by atoms with van der Waals surface area (Å²) in [6.07, 6.45) is 45.2. The third kappa shape index (κ3) is 17.4. The molecule has 20 nitrogen and oxygen atoms in total. The smallest absolute Gasteiger partial charge is 0.148 e. The van der Waals surface area contributed by atoms with Crippen molar-refractivity contribution in [3.8, 4) is 117 Å². The van der Waals surface area contributed by atoms with Gasteiger partial charge in [0.25, 0.3) is 0 Å². The molecule has 0 aliphatic carbocycles. The normalized spacial score (nSPS) is 17.3. The number of unbranched alkanes of at least 4 members (excludes halogenated alkanes) is 8. The zero-order valence-electron chi connectivity index (χ0n) is 62.4. The Balaban J connectivity index is 0.771. The highest BCUT2D eigenvalue weighted by molar-refractivity contribution is 5.61. The molecular weight excluding hydrogens is 1350 g/mol. The van der Waals surface area contributed by atoms with E-state index < -0.39 is 21.7 Å². The Hall–Kier alpha value is -12.0. The topological polar surface area (TPSA) is 223 Å². The van der Waals surface area contributed by atoms with Crippen molar-refractivity contribution in [1.29, 1.82) is 0 Å². The van der Waals surface area contributed by atoms with E-state index in [9.17, 15) is 0 Å². The molecule has 108 heavy (non-hydrogen) atoms. The number of nitrogens with one attached hydrogen (secondary N) is 4. The maximum absolute atomic E-state index is 5.61. The molecule has 1 aliphatic heterocycles. The number of terminal acetylenes is 4. The Labute approximate surface area is 633 Å². The van der Waals surface area contributed by atoms with Crippen LogP contribution in [0.1, 0.15) is 176 Å². The molecule has 0 spiro atoms. The lowest BCUT2D eigenvalue weighted by Gasteiger charge is -2.33. The van der Waals surface area contributed by atoms with Gasteiger partial charge >= 0.3 is 0 Å². The molecule has 0 atom stereocenters. The minimum absolute atomic E-state index is 0.221. The predicted molar refractivity (Wildman–Crippen MR) is 422 cm³/mol. The van der Waals surface area contributed by atoms with Gasteiger partial charge in [-0.2, -0.15) is 0 Å². The Morgan fingerprint density at radius 1 is 0.278 bits per heavy atom. The zero-order chi connectivity index (χ0) is 74.8. The predicted octanol–water partition coefficient (Wildman–Crippen LogP) is 16.7. The standard InChI is InChI=1S/C88H96N16O4/c1-9-57-105-69-33-25-65(26-34-69)73-61-101(97-93-73)53-21-13-17-49-85(5)77-41-43-79(89-77)86(6,50-18-14-22-54-102-62-74(94-98-102)66-27-35-70(36-28-66)106-58-10-2)81-45-47-83(91-81)88(8,52-20-16-24-56-104-64-76(96-100-104)68-31-39-72(40-32-68)108-60-12-4)84-48-46-82(92-84)87(7,80-44-42-78(85)90-80)51-19-15-23-55-103-63-75(95-99-103)67-29-37-71(38-30-67)107-59-11-3/h1-4,25-48,61-64,89-92H,13-24,49-60H2,5-8H3. The fourth-order valence-electron chi connectivity index (χ4n) is 15.1. The van der Waals surface area contributed by atoms with Crippen LogP contribution in [0.4, 0.5) is 0 Å². The lowest BCUT2D eigenvalue weighted by Crippen LogP contribution is -2.30. The largest absolute Gasteiger partial charge is 0.481 e. The van der Waals surface area contributed by atoms with Crippen molar-refractivity contribution in [2.45, 2.75) is 178 Å². The summed E-state index contributed by atoms with van der Waals surface area (Å²) in [5.74, 6) is 13.0. The number of ether oxygens (including phenoxy) is 4. The molecule has 0 saturated heterocycles. The van der Waals surface area contributed by atoms with Gasteiger partial charge in [-0.05, 0) is 225 Å². The van der Waals surface area contributed by atoms with Crippen LogP contribution in [-0.2, 0) is 47.8 Å². The van der Waals surface area contributed by atoms with E-state index in [1.54, 1.807) is 0 Å². The third-order valence-corrected chi connectivity index (χ3v) is 21.8. The van der Waals surface area contributed by atoms with Crippen molar-refractivity contribution < 1.29 is 18.9 Å². The molecule has 552 valence electrons. The number of hydrogen-bond acceptors (Lipinski definition) is 12. The van der Waals surface area contributed by atoms with Gasteiger partial charge < -0.3 is 38.9 Å². The molecule has 1 aliphatic rings. The number of hydrogen-bond donors (Lipinski definition) is 4. The van der Waals surface area contributed by atoms with Gasteiger partial charge in [0.1, 0.15) is 72.2 Å². The van der Waals surface area contributed by atoms with Crippen LogP contribution in [0, 0.1) is 49.4 Å². The summed E-state index contributed by atoms with van der Waals surface area (Å²) in [4.78, 5) is 16.8.